The predicted octanol–water partition coefficient (Wildman–Crippen LogP) is 2.64. The molecule has 98 valence electrons. The van der Waals surface area contributed by atoms with E-state index in [9.17, 15) is 0 Å². The zero-order valence-corrected chi connectivity index (χ0v) is 11.1. The minimum absolute atomic E-state index is 0.438. The molecule has 2 fully saturated rings. The molecular formula is C16H24N2. The van der Waals surface area contributed by atoms with E-state index < -0.39 is 0 Å². The lowest BCUT2D eigenvalue weighted by molar-refractivity contribution is 0.155. The average Bonchev–Trinajstić information content (AvgIpc) is 2.78. The fraction of sp³-hybridized carbons (Fsp3) is 0.625. The Kier molecular flexibility index (Phi) is 3.40. The lowest BCUT2D eigenvalue weighted by atomic mass is 9.68. The zero-order chi connectivity index (χ0) is 12.4. The molecule has 1 aliphatic carbocycles. The molecule has 2 nitrogen and oxygen atoms in total. The maximum Gasteiger partial charge on any atom is 0.0234 e. The molecule has 2 aliphatic rings. The van der Waals surface area contributed by atoms with Crippen LogP contribution in [-0.4, -0.2) is 24.5 Å². The Morgan fingerprint density at radius 3 is 2.78 bits per heavy atom. The fourth-order valence-electron chi connectivity index (χ4n) is 3.99. The Balaban J connectivity index is 1.70. The molecule has 0 bridgehead atoms. The lowest BCUT2D eigenvalue weighted by Crippen LogP contribution is -2.40. The highest BCUT2D eigenvalue weighted by Crippen LogP contribution is 2.46. The molecule has 2 heteroatoms. The van der Waals surface area contributed by atoms with Gasteiger partial charge in [0, 0.05) is 19.6 Å². The van der Waals surface area contributed by atoms with E-state index >= 15 is 0 Å². The van der Waals surface area contributed by atoms with Gasteiger partial charge in [-0.25, -0.2) is 0 Å². The molecule has 1 aliphatic heterocycles. The second-order valence-electron chi connectivity index (χ2n) is 6.16. The number of rotatable bonds is 3. The minimum Gasteiger partial charge on any atom is -0.330 e. The standard InChI is InChI=1S/C16H24N2/c17-12-16-9-5-4-8-15(16)11-18(13-16)10-14-6-2-1-3-7-14/h1-3,6-7,15H,4-5,8-13,17H2/t15-,16+/m1/s1. The van der Waals surface area contributed by atoms with Gasteiger partial charge in [0.25, 0.3) is 0 Å². The molecule has 0 aromatic heterocycles. The SMILES string of the molecule is NC[C@]12CCCC[C@@H]1CN(Cc1ccccc1)C2. The van der Waals surface area contributed by atoms with Crippen molar-refractivity contribution in [2.24, 2.45) is 17.1 Å². The van der Waals surface area contributed by atoms with E-state index in [0.717, 1.165) is 19.0 Å². The number of hydrogen-bond donors (Lipinski definition) is 1. The van der Waals surface area contributed by atoms with Crippen molar-refractivity contribution in [2.75, 3.05) is 19.6 Å². The molecule has 1 saturated carbocycles. The molecule has 0 amide bonds. The third-order valence-electron chi connectivity index (χ3n) is 5.02. The van der Waals surface area contributed by atoms with Crippen LogP contribution in [0.15, 0.2) is 30.3 Å². The molecule has 1 saturated heterocycles. The van der Waals surface area contributed by atoms with Crippen molar-refractivity contribution >= 4 is 0 Å². The van der Waals surface area contributed by atoms with Gasteiger partial charge in [0.2, 0.25) is 0 Å². The van der Waals surface area contributed by atoms with Crippen molar-refractivity contribution in [3.05, 3.63) is 35.9 Å². The normalized spacial score (nSPS) is 32.4. The first-order valence-electron chi connectivity index (χ1n) is 7.29. The van der Waals surface area contributed by atoms with Crippen LogP contribution in [-0.2, 0) is 6.54 Å². The molecule has 3 rings (SSSR count). The van der Waals surface area contributed by atoms with Crippen LogP contribution >= 0.6 is 0 Å². The Labute approximate surface area is 110 Å². The van der Waals surface area contributed by atoms with Crippen LogP contribution in [0.2, 0.25) is 0 Å². The summed E-state index contributed by atoms with van der Waals surface area (Å²) in [6.07, 6.45) is 5.53. The number of likely N-dealkylation sites (tertiary alicyclic amines) is 1. The predicted molar refractivity (Wildman–Crippen MR) is 75.2 cm³/mol. The van der Waals surface area contributed by atoms with Gasteiger partial charge in [0.05, 0.1) is 0 Å². The van der Waals surface area contributed by atoms with Crippen LogP contribution in [0, 0.1) is 11.3 Å². The van der Waals surface area contributed by atoms with Gasteiger partial charge in [0.1, 0.15) is 0 Å². The van der Waals surface area contributed by atoms with Crippen LogP contribution in [0.5, 0.6) is 0 Å². The monoisotopic (exact) mass is 244 g/mol. The summed E-state index contributed by atoms with van der Waals surface area (Å²) in [5, 5.41) is 0. The van der Waals surface area contributed by atoms with Crippen molar-refractivity contribution in [2.45, 2.75) is 32.2 Å². The van der Waals surface area contributed by atoms with E-state index in [1.165, 1.54) is 44.3 Å². The molecule has 1 aromatic carbocycles. The molecule has 1 heterocycles. The maximum absolute atomic E-state index is 6.11. The van der Waals surface area contributed by atoms with E-state index in [1.807, 2.05) is 0 Å². The van der Waals surface area contributed by atoms with Gasteiger partial charge in [0.15, 0.2) is 0 Å². The van der Waals surface area contributed by atoms with Crippen LogP contribution in [0.4, 0.5) is 0 Å². The van der Waals surface area contributed by atoms with E-state index in [2.05, 4.69) is 35.2 Å². The highest BCUT2D eigenvalue weighted by atomic mass is 15.2. The average molecular weight is 244 g/mol. The molecule has 2 atom stereocenters. The molecule has 0 radical (unpaired) electrons. The number of fused-ring (bicyclic) bond motifs is 1. The third kappa shape index (κ3) is 2.19. The largest absolute Gasteiger partial charge is 0.330 e. The van der Waals surface area contributed by atoms with Gasteiger partial charge in [-0.2, -0.15) is 0 Å². The fourth-order valence-corrected chi connectivity index (χ4v) is 3.99. The molecule has 0 unspecified atom stereocenters. The highest BCUT2D eigenvalue weighted by Gasteiger charge is 2.46. The minimum atomic E-state index is 0.438. The van der Waals surface area contributed by atoms with Gasteiger partial charge >= 0.3 is 0 Å². The van der Waals surface area contributed by atoms with E-state index in [-0.39, 0.29) is 0 Å². The van der Waals surface area contributed by atoms with Crippen molar-refractivity contribution in [3.8, 4) is 0 Å². The smallest absolute Gasteiger partial charge is 0.0234 e. The van der Waals surface area contributed by atoms with Crippen molar-refractivity contribution in [3.63, 3.8) is 0 Å². The van der Waals surface area contributed by atoms with Gasteiger partial charge in [-0.3, -0.25) is 4.90 Å². The summed E-state index contributed by atoms with van der Waals surface area (Å²) in [5.41, 5.74) is 7.98. The number of benzene rings is 1. The van der Waals surface area contributed by atoms with Gasteiger partial charge in [-0.15, -0.1) is 0 Å². The first kappa shape index (κ1) is 12.2. The molecule has 0 spiro atoms. The molecule has 2 N–H and O–H groups in total. The van der Waals surface area contributed by atoms with Crippen molar-refractivity contribution in [1.82, 2.24) is 4.90 Å². The second-order valence-corrected chi connectivity index (χ2v) is 6.16. The Bertz CT molecular complexity index is 389. The summed E-state index contributed by atoms with van der Waals surface area (Å²) in [5.74, 6) is 0.847. The summed E-state index contributed by atoms with van der Waals surface area (Å²) in [4.78, 5) is 2.62. The van der Waals surface area contributed by atoms with Crippen LogP contribution < -0.4 is 5.73 Å². The lowest BCUT2D eigenvalue weighted by Gasteiger charge is -2.37. The Morgan fingerprint density at radius 2 is 2.06 bits per heavy atom. The van der Waals surface area contributed by atoms with E-state index in [0.29, 0.717) is 5.41 Å². The first-order valence-corrected chi connectivity index (χ1v) is 7.29. The molecule has 18 heavy (non-hydrogen) atoms. The maximum atomic E-state index is 6.11. The second kappa shape index (κ2) is 5.02. The van der Waals surface area contributed by atoms with Crippen molar-refractivity contribution in [1.29, 1.82) is 0 Å². The summed E-state index contributed by atoms with van der Waals surface area (Å²) in [7, 11) is 0. The summed E-state index contributed by atoms with van der Waals surface area (Å²) in [6, 6.07) is 10.8. The number of hydrogen-bond acceptors (Lipinski definition) is 2. The summed E-state index contributed by atoms with van der Waals surface area (Å²) in [6.45, 7) is 4.44. The van der Waals surface area contributed by atoms with Crippen LogP contribution in [0.1, 0.15) is 31.2 Å². The quantitative estimate of drug-likeness (QED) is 0.885. The van der Waals surface area contributed by atoms with Gasteiger partial charge < -0.3 is 5.73 Å². The topological polar surface area (TPSA) is 29.3 Å². The van der Waals surface area contributed by atoms with E-state index in [4.69, 9.17) is 5.73 Å². The summed E-state index contributed by atoms with van der Waals surface area (Å²) >= 11 is 0. The molecular weight excluding hydrogens is 220 g/mol. The van der Waals surface area contributed by atoms with Gasteiger partial charge in [-0.1, -0.05) is 43.2 Å². The number of nitrogens with zero attached hydrogens (tertiary/aromatic N) is 1. The zero-order valence-electron chi connectivity index (χ0n) is 11.1. The van der Waals surface area contributed by atoms with Crippen LogP contribution in [0.3, 0.4) is 0 Å². The first-order chi connectivity index (χ1) is 8.82. The highest BCUT2D eigenvalue weighted by molar-refractivity contribution is 5.15. The third-order valence-corrected chi connectivity index (χ3v) is 5.02. The van der Waals surface area contributed by atoms with E-state index in [1.54, 1.807) is 0 Å². The van der Waals surface area contributed by atoms with Gasteiger partial charge in [-0.05, 0) is 36.3 Å². The Hall–Kier alpha value is -0.860. The Morgan fingerprint density at radius 1 is 1.22 bits per heavy atom. The van der Waals surface area contributed by atoms with Crippen molar-refractivity contribution < 1.29 is 0 Å². The van der Waals surface area contributed by atoms with Crippen LogP contribution in [0.25, 0.3) is 0 Å². The summed E-state index contributed by atoms with van der Waals surface area (Å²) < 4.78 is 0. The molecule has 1 aromatic rings. The number of nitrogens with two attached hydrogens (primary N) is 1.